The fourth-order valence-corrected chi connectivity index (χ4v) is 2.90. The fraction of sp³-hybridized carbons (Fsp3) is 0.0909. The molecular formula is C22H13F6NO2. The number of anilines is 1. The summed E-state index contributed by atoms with van der Waals surface area (Å²) in [5.74, 6) is -1.97. The Balaban J connectivity index is 2.20. The van der Waals surface area contributed by atoms with Crippen molar-refractivity contribution in [1.82, 2.24) is 0 Å². The first-order valence-electron chi connectivity index (χ1n) is 8.77. The van der Waals surface area contributed by atoms with Crippen molar-refractivity contribution >= 4 is 17.5 Å². The molecule has 2 amide bonds. The Kier molecular flexibility index (Phi) is 5.88. The summed E-state index contributed by atoms with van der Waals surface area (Å²) in [5, 5.41) is 0. The van der Waals surface area contributed by atoms with E-state index < -0.39 is 41.0 Å². The third kappa shape index (κ3) is 4.76. The molecule has 0 atom stereocenters. The summed E-state index contributed by atoms with van der Waals surface area (Å²) in [5.41, 5.74) is -4.60. The first kappa shape index (κ1) is 22.1. The Labute approximate surface area is 172 Å². The summed E-state index contributed by atoms with van der Waals surface area (Å²) in [6.07, 6.45) is -10.6. The third-order valence-corrected chi connectivity index (χ3v) is 4.32. The van der Waals surface area contributed by atoms with Gasteiger partial charge < -0.3 is 0 Å². The van der Waals surface area contributed by atoms with Crippen molar-refractivity contribution in [3.63, 3.8) is 0 Å². The van der Waals surface area contributed by atoms with E-state index in [1.165, 1.54) is 48.5 Å². The van der Waals surface area contributed by atoms with Crippen molar-refractivity contribution in [2.24, 2.45) is 0 Å². The average Bonchev–Trinajstić information content (AvgIpc) is 2.73. The van der Waals surface area contributed by atoms with Crippen LogP contribution in [0, 0.1) is 0 Å². The number of alkyl halides is 6. The van der Waals surface area contributed by atoms with Crippen molar-refractivity contribution in [3.05, 3.63) is 101 Å². The van der Waals surface area contributed by atoms with Gasteiger partial charge in [-0.25, -0.2) is 4.90 Å². The van der Waals surface area contributed by atoms with E-state index in [1.54, 1.807) is 12.1 Å². The van der Waals surface area contributed by atoms with Gasteiger partial charge in [-0.2, -0.15) is 26.3 Å². The van der Waals surface area contributed by atoms with Crippen LogP contribution in [0.1, 0.15) is 31.8 Å². The maximum atomic E-state index is 13.4. The van der Waals surface area contributed by atoms with Crippen LogP contribution in [0.25, 0.3) is 0 Å². The summed E-state index contributed by atoms with van der Waals surface area (Å²) < 4.78 is 79.5. The van der Waals surface area contributed by atoms with Crippen molar-refractivity contribution < 1.29 is 35.9 Å². The first-order chi connectivity index (χ1) is 14.5. The minimum Gasteiger partial charge on any atom is -0.268 e. The van der Waals surface area contributed by atoms with Crippen LogP contribution in [-0.4, -0.2) is 11.8 Å². The van der Waals surface area contributed by atoms with Crippen LogP contribution < -0.4 is 4.90 Å². The summed E-state index contributed by atoms with van der Waals surface area (Å²) >= 11 is 0. The molecule has 0 saturated carbocycles. The second-order valence-corrected chi connectivity index (χ2v) is 6.40. The van der Waals surface area contributed by atoms with Crippen LogP contribution in [0.2, 0.25) is 0 Å². The molecule has 9 heteroatoms. The van der Waals surface area contributed by atoms with Gasteiger partial charge in [-0.05, 0) is 42.5 Å². The number of benzene rings is 3. The molecule has 31 heavy (non-hydrogen) atoms. The Morgan fingerprint density at radius 2 is 1.00 bits per heavy atom. The molecule has 3 aromatic carbocycles. The van der Waals surface area contributed by atoms with E-state index in [1.807, 2.05) is 0 Å². The monoisotopic (exact) mass is 437 g/mol. The number of rotatable bonds is 3. The summed E-state index contributed by atoms with van der Waals surface area (Å²) in [7, 11) is 0. The van der Waals surface area contributed by atoms with Gasteiger partial charge in [0.15, 0.2) is 0 Å². The van der Waals surface area contributed by atoms with E-state index in [0.717, 1.165) is 0 Å². The molecule has 0 aliphatic heterocycles. The molecule has 0 N–H and O–H groups in total. The maximum Gasteiger partial charge on any atom is 0.417 e. The number of halogens is 6. The predicted octanol–water partition coefficient (Wildman–Crippen LogP) is 6.21. The Hall–Kier alpha value is -3.62. The van der Waals surface area contributed by atoms with E-state index >= 15 is 0 Å². The van der Waals surface area contributed by atoms with Gasteiger partial charge in [0.2, 0.25) is 0 Å². The van der Waals surface area contributed by atoms with Gasteiger partial charge >= 0.3 is 12.4 Å². The lowest BCUT2D eigenvalue weighted by Crippen LogP contribution is -2.37. The topological polar surface area (TPSA) is 37.4 Å². The molecule has 0 unspecified atom stereocenters. The maximum absolute atomic E-state index is 13.4. The molecule has 0 radical (unpaired) electrons. The van der Waals surface area contributed by atoms with Crippen LogP contribution in [0.4, 0.5) is 32.0 Å². The molecule has 0 saturated heterocycles. The average molecular weight is 437 g/mol. The minimum absolute atomic E-state index is 0.0276. The van der Waals surface area contributed by atoms with E-state index in [9.17, 15) is 35.9 Å². The van der Waals surface area contributed by atoms with E-state index in [4.69, 9.17) is 0 Å². The van der Waals surface area contributed by atoms with Gasteiger partial charge in [-0.3, -0.25) is 9.59 Å². The summed E-state index contributed by atoms with van der Waals surface area (Å²) in [6, 6.07) is 15.5. The molecule has 0 heterocycles. The van der Waals surface area contributed by atoms with Crippen molar-refractivity contribution in [1.29, 1.82) is 0 Å². The Morgan fingerprint density at radius 1 is 0.581 bits per heavy atom. The zero-order chi connectivity index (χ0) is 22.8. The molecule has 3 rings (SSSR count). The van der Waals surface area contributed by atoms with Crippen LogP contribution >= 0.6 is 0 Å². The van der Waals surface area contributed by atoms with E-state index in [2.05, 4.69) is 0 Å². The van der Waals surface area contributed by atoms with Gasteiger partial charge in [0, 0.05) is 11.1 Å². The lowest BCUT2D eigenvalue weighted by molar-refractivity contribution is -0.162. The number of imide groups is 1. The smallest absolute Gasteiger partial charge is 0.268 e. The highest BCUT2D eigenvalue weighted by atomic mass is 19.4. The highest BCUT2D eigenvalue weighted by molar-refractivity contribution is 6.25. The zero-order valence-corrected chi connectivity index (χ0v) is 15.5. The summed E-state index contributed by atoms with van der Waals surface area (Å²) in [6.45, 7) is 0. The molecular weight excluding hydrogens is 424 g/mol. The SMILES string of the molecule is O=C(c1ccccc1)N(C(=O)c1ccccc1)c1ccc(C(F)(F)F)c(C(F)(F)F)c1. The molecule has 3 nitrogen and oxygen atoms in total. The first-order valence-corrected chi connectivity index (χ1v) is 8.77. The number of carbonyl (C=O) groups excluding carboxylic acids is 2. The number of hydrogen-bond donors (Lipinski definition) is 0. The van der Waals surface area contributed by atoms with Crippen LogP contribution in [0.5, 0.6) is 0 Å². The molecule has 0 bridgehead atoms. The minimum atomic E-state index is -5.36. The van der Waals surface area contributed by atoms with E-state index in [0.29, 0.717) is 11.0 Å². The Morgan fingerprint density at radius 3 is 1.39 bits per heavy atom. The standard InChI is InChI=1S/C22H13F6NO2/c23-21(24,25)17-12-11-16(13-18(17)22(26,27)28)29(19(30)14-7-3-1-4-8-14)20(31)15-9-5-2-6-10-15/h1-13H. The number of hydrogen-bond acceptors (Lipinski definition) is 2. The van der Waals surface area contributed by atoms with Gasteiger partial charge in [-0.1, -0.05) is 36.4 Å². The molecule has 0 aliphatic carbocycles. The predicted molar refractivity (Wildman–Crippen MR) is 100 cm³/mol. The number of nitrogens with zero attached hydrogens (tertiary/aromatic N) is 1. The van der Waals surface area contributed by atoms with Gasteiger partial charge in [0.05, 0.1) is 16.8 Å². The number of carbonyl (C=O) groups is 2. The highest BCUT2D eigenvalue weighted by Crippen LogP contribution is 2.42. The molecule has 0 aliphatic rings. The quantitative estimate of drug-likeness (QED) is 0.361. The van der Waals surface area contributed by atoms with Gasteiger partial charge in [-0.15, -0.1) is 0 Å². The van der Waals surface area contributed by atoms with Crippen molar-refractivity contribution in [2.75, 3.05) is 4.90 Å². The second kappa shape index (κ2) is 8.25. The third-order valence-electron chi connectivity index (χ3n) is 4.32. The highest BCUT2D eigenvalue weighted by Gasteiger charge is 2.43. The van der Waals surface area contributed by atoms with Crippen molar-refractivity contribution in [2.45, 2.75) is 12.4 Å². The molecule has 0 fully saturated rings. The lowest BCUT2D eigenvalue weighted by atomic mass is 10.0. The number of amides is 2. The Bertz CT molecular complexity index is 1040. The van der Waals surface area contributed by atoms with Crippen LogP contribution in [0.3, 0.4) is 0 Å². The zero-order valence-electron chi connectivity index (χ0n) is 15.5. The van der Waals surface area contributed by atoms with Gasteiger partial charge in [0.25, 0.3) is 11.8 Å². The van der Waals surface area contributed by atoms with Crippen LogP contribution in [-0.2, 0) is 12.4 Å². The summed E-state index contributed by atoms with van der Waals surface area (Å²) in [4.78, 5) is 26.4. The largest absolute Gasteiger partial charge is 0.417 e. The second-order valence-electron chi connectivity index (χ2n) is 6.40. The molecule has 0 aromatic heterocycles. The van der Waals surface area contributed by atoms with Gasteiger partial charge in [0.1, 0.15) is 0 Å². The normalized spacial score (nSPS) is 11.8. The lowest BCUT2D eigenvalue weighted by Gasteiger charge is -2.24. The fourth-order valence-electron chi connectivity index (χ4n) is 2.90. The van der Waals surface area contributed by atoms with E-state index in [-0.39, 0.29) is 23.3 Å². The molecule has 160 valence electrons. The molecule has 3 aromatic rings. The molecule has 0 spiro atoms. The van der Waals surface area contributed by atoms with Crippen molar-refractivity contribution in [3.8, 4) is 0 Å². The van der Waals surface area contributed by atoms with Crippen LogP contribution in [0.15, 0.2) is 78.9 Å².